The fraction of sp³-hybridized carbons (Fsp3) is 0.105. The maximum absolute atomic E-state index is 13.9. The largest absolute Gasteiger partial charge is 0.324 e. The number of hydrogen-bond acceptors (Lipinski definition) is 5. The van der Waals surface area contributed by atoms with E-state index in [0.717, 1.165) is 10.6 Å². The molecule has 146 valence electrons. The van der Waals surface area contributed by atoms with E-state index in [1.165, 1.54) is 35.3 Å². The summed E-state index contributed by atoms with van der Waals surface area (Å²) in [5.74, 6) is -1.43. The topological polar surface area (TPSA) is 94.7 Å². The fourth-order valence-corrected chi connectivity index (χ4v) is 2.82. The fourth-order valence-electron chi connectivity index (χ4n) is 2.82. The average Bonchev–Trinajstić information content (AvgIpc) is 3.09. The predicted octanol–water partition coefficient (Wildman–Crippen LogP) is 1.95. The Bertz CT molecular complexity index is 1270. The van der Waals surface area contributed by atoms with Gasteiger partial charge in [-0.25, -0.2) is 18.4 Å². The molecule has 0 bridgehead atoms. The summed E-state index contributed by atoms with van der Waals surface area (Å²) < 4.78 is 29.4. The normalized spacial score (nSPS) is 11.0. The molecule has 0 fully saturated rings. The molecule has 2 aromatic carbocycles. The van der Waals surface area contributed by atoms with Gasteiger partial charge in [-0.15, -0.1) is 5.10 Å². The van der Waals surface area contributed by atoms with Crippen molar-refractivity contribution in [2.75, 3.05) is 5.32 Å². The summed E-state index contributed by atoms with van der Waals surface area (Å²) in [5.41, 5.74) is 0.222. The van der Waals surface area contributed by atoms with Crippen LogP contribution in [0.3, 0.4) is 0 Å². The van der Waals surface area contributed by atoms with Crippen LogP contribution in [0.5, 0.6) is 0 Å². The Hall–Kier alpha value is -3.95. The highest BCUT2D eigenvalue weighted by Gasteiger charge is 2.15. The summed E-state index contributed by atoms with van der Waals surface area (Å²) in [7, 11) is 0. The van der Waals surface area contributed by atoms with Gasteiger partial charge in [0.25, 0.3) is 5.56 Å². The molecule has 4 rings (SSSR count). The lowest BCUT2D eigenvalue weighted by Crippen LogP contribution is -2.28. The van der Waals surface area contributed by atoms with Crippen LogP contribution < -0.4 is 10.9 Å². The molecule has 10 heteroatoms. The van der Waals surface area contributed by atoms with Gasteiger partial charge in [-0.3, -0.25) is 14.2 Å². The SMILES string of the molecule is O=C(Cn1cnc2c(nnn2Cc2ccccc2F)c1=O)Nc1cccc(F)c1. The van der Waals surface area contributed by atoms with Crippen LogP contribution in [0.4, 0.5) is 14.5 Å². The molecule has 0 aliphatic carbocycles. The summed E-state index contributed by atoms with van der Waals surface area (Å²) in [6, 6.07) is 11.6. The van der Waals surface area contributed by atoms with Crippen LogP contribution in [0.15, 0.2) is 59.7 Å². The van der Waals surface area contributed by atoms with Crippen LogP contribution in [0.25, 0.3) is 11.2 Å². The van der Waals surface area contributed by atoms with Crippen LogP contribution in [0, 0.1) is 11.6 Å². The van der Waals surface area contributed by atoms with Crippen molar-refractivity contribution >= 4 is 22.8 Å². The first-order valence-corrected chi connectivity index (χ1v) is 8.59. The van der Waals surface area contributed by atoms with Gasteiger partial charge in [0.2, 0.25) is 5.91 Å². The molecule has 4 aromatic rings. The van der Waals surface area contributed by atoms with Crippen molar-refractivity contribution < 1.29 is 13.6 Å². The number of aromatic nitrogens is 5. The second-order valence-electron chi connectivity index (χ2n) is 6.25. The number of carbonyl (C=O) groups is 1. The minimum absolute atomic E-state index is 0.0394. The maximum Gasteiger partial charge on any atom is 0.283 e. The first-order valence-electron chi connectivity index (χ1n) is 8.59. The quantitative estimate of drug-likeness (QED) is 0.557. The van der Waals surface area contributed by atoms with Crippen molar-refractivity contribution in [2.24, 2.45) is 0 Å². The van der Waals surface area contributed by atoms with Crippen molar-refractivity contribution in [1.29, 1.82) is 0 Å². The van der Waals surface area contributed by atoms with Gasteiger partial charge in [0.05, 0.1) is 6.54 Å². The van der Waals surface area contributed by atoms with Gasteiger partial charge in [0, 0.05) is 11.3 Å². The van der Waals surface area contributed by atoms with Crippen molar-refractivity contribution in [1.82, 2.24) is 24.5 Å². The third kappa shape index (κ3) is 3.86. The lowest BCUT2D eigenvalue weighted by molar-refractivity contribution is -0.116. The smallest absolute Gasteiger partial charge is 0.283 e. The zero-order valence-electron chi connectivity index (χ0n) is 14.9. The second-order valence-corrected chi connectivity index (χ2v) is 6.25. The predicted molar refractivity (Wildman–Crippen MR) is 100 cm³/mol. The number of amides is 1. The molecule has 1 N–H and O–H groups in total. The minimum atomic E-state index is -0.566. The standard InChI is InChI=1S/C19H14F2N6O2/c20-13-5-3-6-14(8-13)23-16(28)10-26-11-22-18-17(19(26)29)24-25-27(18)9-12-4-1-2-7-15(12)21/h1-8,11H,9-10H2,(H,23,28). The van der Waals surface area contributed by atoms with E-state index in [4.69, 9.17) is 0 Å². The van der Waals surface area contributed by atoms with Crippen LogP contribution in [0.2, 0.25) is 0 Å². The number of fused-ring (bicyclic) bond motifs is 1. The van der Waals surface area contributed by atoms with E-state index < -0.39 is 23.1 Å². The highest BCUT2D eigenvalue weighted by Crippen LogP contribution is 2.11. The van der Waals surface area contributed by atoms with E-state index >= 15 is 0 Å². The number of hydrogen-bond donors (Lipinski definition) is 1. The third-order valence-corrected chi connectivity index (χ3v) is 4.19. The van der Waals surface area contributed by atoms with Crippen LogP contribution >= 0.6 is 0 Å². The molecule has 0 unspecified atom stereocenters. The third-order valence-electron chi connectivity index (χ3n) is 4.19. The minimum Gasteiger partial charge on any atom is -0.324 e. The van der Waals surface area contributed by atoms with E-state index in [9.17, 15) is 18.4 Å². The van der Waals surface area contributed by atoms with E-state index in [1.807, 2.05) is 0 Å². The molecule has 0 spiro atoms. The molecule has 2 aromatic heterocycles. The number of carbonyl (C=O) groups excluding carboxylic acids is 1. The summed E-state index contributed by atoms with van der Waals surface area (Å²) in [4.78, 5) is 28.9. The van der Waals surface area contributed by atoms with Crippen molar-refractivity contribution in [3.8, 4) is 0 Å². The number of nitrogens with zero attached hydrogens (tertiary/aromatic N) is 5. The van der Waals surface area contributed by atoms with Gasteiger partial charge >= 0.3 is 0 Å². The Labute approximate surface area is 162 Å². The first kappa shape index (κ1) is 18.4. The Morgan fingerprint density at radius 2 is 1.93 bits per heavy atom. The highest BCUT2D eigenvalue weighted by molar-refractivity contribution is 5.90. The Morgan fingerprint density at radius 3 is 2.72 bits per heavy atom. The number of rotatable bonds is 5. The van der Waals surface area contributed by atoms with E-state index in [2.05, 4.69) is 20.6 Å². The van der Waals surface area contributed by atoms with Crippen molar-refractivity contribution in [3.63, 3.8) is 0 Å². The molecule has 1 amide bonds. The molecular formula is C19H14F2N6O2. The summed E-state index contributed by atoms with van der Waals surface area (Å²) in [5, 5.41) is 10.2. The van der Waals surface area contributed by atoms with Crippen LogP contribution in [-0.2, 0) is 17.9 Å². The zero-order chi connectivity index (χ0) is 20.4. The summed E-state index contributed by atoms with van der Waals surface area (Å²) in [6.45, 7) is -0.280. The Morgan fingerprint density at radius 1 is 1.10 bits per heavy atom. The van der Waals surface area contributed by atoms with Gasteiger partial charge in [0.1, 0.15) is 24.5 Å². The van der Waals surface area contributed by atoms with Gasteiger partial charge in [-0.05, 0) is 24.3 Å². The number of anilines is 1. The molecule has 0 aliphatic rings. The number of halogens is 2. The van der Waals surface area contributed by atoms with Crippen LogP contribution in [-0.4, -0.2) is 30.5 Å². The van der Waals surface area contributed by atoms with Gasteiger partial charge < -0.3 is 5.32 Å². The van der Waals surface area contributed by atoms with E-state index in [0.29, 0.717) is 5.56 Å². The van der Waals surface area contributed by atoms with Crippen LogP contribution in [0.1, 0.15) is 5.56 Å². The lowest BCUT2D eigenvalue weighted by Gasteiger charge is -2.07. The molecule has 0 saturated carbocycles. The molecule has 8 nitrogen and oxygen atoms in total. The highest BCUT2D eigenvalue weighted by atomic mass is 19.1. The molecule has 29 heavy (non-hydrogen) atoms. The average molecular weight is 396 g/mol. The first-order chi connectivity index (χ1) is 14.0. The molecule has 0 atom stereocenters. The zero-order valence-corrected chi connectivity index (χ0v) is 14.9. The molecule has 0 radical (unpaired) electrons. The van der Waals surface area contributed by atoms with E-state index in [-0.39, 0.29) is 29.9 Å². The van der Waals surface area contributed by atoms with E-state index in [1.54, 1.807) is 18.2 Å². The van der Waals surface area contributed by atoms with Gasteiger partial charge in [0.15, 0.2) is 11.2 Å². The molecule has 2 heterocycles. The Kier molecular flexibility index (Phi) is 4.82. The monoisotopic (exact) mass is 396 g/mol. The maximum atomic E-state index is 13.9. The van der Waals surface area contributed by atoms with Crippen molar-refractivity contribution in [3.05, 3.63) is 82.4 Å². The van der Waals surface area contributed by atoms with Crippen molar-refractivity contribution in [2.45, 2.75) is 13.1 Å². The molecule has 0 saturated heterocycles. The Balaban J connectivity index is 1.56. The molecular weight excluding hydrogens is 382 g/mol. The van der Waals surface area contributed by atoms with Gasteiger partial charge in [-0.2, -0.15) is 0 Å². The molecule has 0 aliphatic heterocycles. The number of benzene rings is 2. The van der Waals surface area contributed by atoms with Gasteiger partial charge in [-0.1, -0.05) is 29.5 Å². The second kappa shape index (κ2) is 7.58. The lowest BCUT2D eigenvalue weighted by atomic mass is 10.2. The number of nitrogens with one attached hydrogen (secondary N) is 1. The summed E-state index contributed by atoms with van der Waals surface area (Å²) >= 11 is 0. The summed E-state index contributed by atoms with van der Waals surface area (Å²) in [6.07, 6.45) is 1.19.